The lowest BCUT2D eigenvalue weighted by Crippen LogP contribution is -2.40. The van der Waals surface area contributed by atoms with Crippen LogP contribution in [0.3, 0.4) is 0 Å². The second kappa shape index (κ2) is 6.42. The quantitative estimate of drug-likeness (QED) is 0.900. The van der Waals surface area contributed by atoms with Gasteiger partial charge < -0.3 is 19.8 Å². The molecule has 0 aromatic carbocycles. The van der Waals surface area contributed by atoms with Crippen LogP contribution in [0.5, 0.6) is 0 Å². The summed E-state index contributed by atoms with van der Waals surface area (Å²) in [6.07, 6.45) is -0.541. The number of halogens is 3. The SMILES string of the molecule is Cc1cc(=O)n(C)cc1NC(=O)N[C@@H](c1ccn(C)c1)C(F)(F)F. The van der Waals surface area contributed by atoms with Crippen LogP contribution in [0.4, 0.5) is 23.7 Å². The fourth-order valence-corrected chi connectivity index (χ4v) is 2.19. The highest BCUT2D eigenvalue weighted by atomic mass is 19.4. The molecule has 0 unspecified atom stereocenters. The summed E-state index contributed by atoms with van der Waals surface area (Å²) >= 11 is 0. The number of urea groups is 1. The molecule has 0 radical (unpaired) electrons. The van der Waals surface area contributed by atoms with Crippen LogP contribution >= 0.6 is 0 Å². The van der Waals surface area contributed by atoms with Crippen molar-refractivity contribution in [2.45, 2.75) is 19.1 Å². The Balaban J connectivity index is 2.20. The van der Waals surface area contributed by atoms with E-state index in [1.54, 1.807) is 14.0 Å². The van der Waals surface area contributed by atoms with E-state index >= 15 is 0 Å². The van der Waals surface area contributed by atoms with Crippen molar-refractivity contribution in [3.63, 3.8) is 0 Å². The summed E-state index contributed by atoms with van der Waals surface area (Å²) < 4.78 is 42.3. The number of nitrogens with zero attached hydrogens (tertiary/aromatic N) is 2. The molecule has 6 nitrogen and oxygen atoms in total. The number of anilines is 1. The lowest BCUT2D eigenvalue weighted by molar-refractivity contribution is -0.154. The standard InChI is InChI=1S/C15H17F3N4O2/c1-9-6-12(23)22(3)8-11(9)19-14(24)20-13(15(16,17)18)10-4-5-21(2)7-10/h4-8,13H,1-3H3,(H2,19,20,24)/t13-/m0/s1. The number of hydrogen-bond acceptors (Lipinski definition) is 2. The summed E-state index contributed by atoms with van der Waals surface area (Å²) in [5.41, 5.74) is 0.355. The molecule has 2 amide bonds. The van der Waals surface area contributed by atoms with Gasteiger partial charge in [-0.25, -0.2) is 4.79 Å². The molecule has 24 heavy (non-hydrogen) atoms. The van der Waals surface area contributed by atoms with Gasteiger partial charge in [0.1, 0.15) is 0 Å². The summed E-state index contributed by atoms with van der Waals surface area (Å²) in [6.45, 7) is 1.58. The first-order chi connectivity index (χ1) is 11.1. The molecule has 2 N–H and O–H groups in total. The number of alkyl halides is 3. The first kappa shape index (κ1) is 17.6. The molecule has 0 bridgehead atoms. The lowest BCUT2D eigenvalue weighted by Gasteiger charge is -2.21. The van der Waals surface area contributed by atoms with Gasteiger partial charge in [-0.2, -0.15) is 13.2 Å². The third kappa shape index (κ3) is 3.98. The molecule has 2 heterocycles. The summed E-state index contributed by atoms with van der Waals surface area (Å²) in [7, 11) is 3.07. The molecule has 9 heteroatoms. The number of aryl methyl sites for hydroxylation is 3. The zero-order chi connectivity index (χ0) is 18.1. The molecule has 1 atom stereocenters. The van der Waals surface area contributed by atoms with E-state index in [1.165, 1.54) is 46.9 Å². The molecule has 2 aromatic rings. The van der Waals surface area contributed by atoms with E-state index in [1.807, 2.05) is 5.32 Å². The summed E-state index contributed by atoms with van der Waals surface area (Å²) in [4.78, 5) is 23.4. The Kier molecular flexibility index (Phi) is 4.72. The van der Waals surface area contributed by atoms with Crippen LogP contribution in [0.1, 0.15) is 17.2 Å². The molecule has 0 fully saturated rings. The Bertz CT molecular complexity index is 808. The maximum absolute atomic E-state index is 13.2. The molecule has 0 saturated heterocycles. The average Bonchev–Trinajstić information content (AvgIpc) is 2.87. The molecular weight excluding hydrogens is 325 g/mol. The second-order valence-electron chi connectivity index (χ2n) is 5.50. The molecule has 2 aromatic heterocycles. The monoisotopic (exact) mass is 342 g/mol. The Hall–Kier alpha value is -2.71. The minimum Gasteiger partial charge on any atom is -0.357 e. The van der Waals surface area contributed by atoms with Crippen LogP contribution < -0.4 is 16.2 Å². The molecule has 0 aliphatic carbocycles. The Morgan fingerprint density at radius 1 is 1.25 bits per heavy atom. The third-order valence-electron chi connectivity index (χ3n) is 3.47. The molecular formula is C15H17F3N4O2. The maximum Gasteiger partial charge on any atom is 0.412 e. The van der Waals surface area contributed by atoms with E-state index in [2.05, 4.69) is 5.32 Å². The predicted octanol–water partition coefficient (Wildman–Crippen LogP) is 2.46. The zero-order valence-corrected chi connectivity index (χ0v) is 13.3. The van der Waals surface area contributed by atoms with Gasteiger partial charge >= 0.3 is 12.2 Å². The van der Waals surface area contributed by atoms with E-state index < -0.39 is 18.2 Å². The van der Waals surface area contributed by atoms with Gasteiger partial charge in [-0.3, -0.25) is 4.79 Å². The van der Waals surface area contributed by atoms with E-state index in [0.717, 1.165) is 0 Å². The molecule has 2 rings (SSSR count). The average molecular weight is 342 g/mol. The maximum atomic E-state index is 13.2. The van der Waals surface area contributed by atoms with Crippen LogP contribution in [0.25, 0.3) is 0 Å². The van der Waals surface area contributed by atoms with Gasteiger partial charge in [-0.05, 0) is 18.6 Å². The Morgan fingerprint density at radius 3 is 2.46 bits per heavy atom. The van der Waals surface area contributed by atoms with Crippen molar-refractivity contribution in [3.05, 3.63) is 52.2 Å². The van der Waals surface area contributed by atoms with Crippen LogP contribution in [0.2, 0.25) is 0 Å². The minimum atomic E-state index is -4.64. The van der Waals surface area contributed by atoms with Crippen molar-refractivity contribution in [2.24, 2.45) is 14.1 Å². The van der Waals surface area contributed by atoms with Crippen molar-refractivity contribution >= 4 is 11.7 Å². The van der Waals surface area contributed by atoms with Crippen LogP contribution in [-0.4, -0.2) is 21.3 Å². The van der Waals surface area contributed by atoms with Gasteiger partial charge in [0.05, 0.1) is 5.69 Å². The highest BCUT2D eigenvalue weighted by molar-refractivity contribution is 5.90. The molecule has 0 spiro atoms. The number of carbonyl (C=O) groups excluding carboxylic acids is 1. The zero-order valence-electron chi connectivity index (χ0n) is 13.3. The van der Waals surface area contributed by atoms with Crippen molar-refractivity contribution in [1.29, 1.82) is 0 Å². The van der Waals surface area contributed by atoms with E-state index in [-0.39, 0.29) is 16.8 Å². The Labute approximate surface area is 135 Å². The third-order valence-corrected chi connectivity index (χ3v) is 3.47. The normalized spacial score (nSPS) is 12.8. The number of nitrogens with one attached hydrogen (secondary N) is 2. The van der Waals surface area contributed by atoms with Gasteiger partial charge in [-0.1, -0.05) is 0 Å². The van der Waals surface area contributed by atoms with E-state index in [4.69, 9.17) is 0 Å². The van der Waals surface area contributed by atoms with Crippen LogP contribution in [-0.2, 0) is 14.1 Å². The summed E-state index contributed by atoms with van der Waals surface area (Å²) in [5.74, 6) is 0. The number of aromatic nitrogens is 2. The summed E-state index contributed by atoms with van der Waals surface area (Å²) in [6, 6.07) is -0.571. The molecule has 130 valence electrons. The number of hydrogen-bond donors (Lipinski definition) is 2. The number of rotatable bonds is 3. The van der Waals surface area contributed by atoms with E-state index in [9.17, 15) is 22.8 Å². The fourth-order valence-electron chi connectivity index (χ4n) is 2.19. The van der Waals surface area contributed by atoms with E-state index in [0.29, 0.717) is 5.56 Å². The largest absolute Gasteiger partial charge is 0.412 e. The number of amides is 2. The molecule has 0 aliphatic rings. The number of pyridine rings is 1. The first-order valence-electron chi connectivity index (χ1n) is 7.01. The first-order valence-corrected chi connectivity index (χ1v) is 7.01. The van der Waals surface area contributed by atoms with Gasteiger partial charge in [-0.15, -0.1) is 0 Å². The van der Waals surface area contributed by atoms with Crippen LogP contribution in [0, 0.1) is 6.92 Å². The van der Waals surface area contributed by atoms with Crippen molar-refractivity contribution in [3.8, 4) is 0 Å². The van der Waals surface area contributed by atoms with Crippen molar-refractivity contribution in [1.82, 2.24) is 14.5 Å². The smallest absolute Gasteiger partial charge is 0.357 e. The van der Waals surface area contributed by atoms with Gasteiger partial charge in [0.25, 0.3) is 5.56 Å². The summed E-state index contributed by atoms with van der Waals surface area (Å²) in [5, 5.41) is 4.26. The predicted molar refractivity (Wildman–Crippen MR) is 82.8 cm³/mol. The van der Waals surface area contributed by atoms with Crippen molar-refractivity contribution in [2.75, 3.05) is 5.32 Å². The Morgan fingerprint density at radius 2 is 1.92 bits per heavy atom. The highest BCUT2D eigenvalue weighted by Crippen LogP contribution is 2.32. The molecule has 0 aliphatic heterocycles. The van der Waals surface area contributed by atoms with Gasteiger partial charge in [0, 0.05) is 44.3 Å². The number of carbonyl (C=O) groups is 1. The minimum absolute atomic E-state index is 0.0719. The second-order valence-corrected chi connectivity index (χ2v) is 5.50. The highest BCUT2D eigenvalue weighted by Gasteiger charge is 2.42. The lowest BCUT2D eigenvalue weighted by atomic mass is 10.1. The van der Waals surface area contributed by atoms with Gasteiger partial charge in [0.15, 0.2) is 6.04 Å². The topological polar surface area (TPSA) is 68.1 Å². The fraction of sp³-hybridized carbons (Fsp3) is 0.333. The van der Waals surface area contributed by atoms with Gasteiger partial charge in [0.2, 0.25) is 0 Å². The van der Waals surface area contributed by atoms with Crippen molar-refractivity contribution < 1.29 is 18.0 Å². The molecule has 0 saturated carbocycles. The van der Waals surface area contributed by atoms with Crippen LogP contribution in [0.15, 0.2) is 35.5 Å².